The minimum absolute atomic E-state index is 0.166. The molecule has 0 radical (unpaired) electrons. The summed E-state index contributed by atoms with van der Waals surface area (Å²) in [6, 6.07) is 13.8. The third-order valence-corrected chi connectivity index (χ3v) is 5.90. The molecular weight excluding hydrogens is 414 g/mol. The van der Waals surface area contributed by atoms with Crippen LogP contribution in [0.3, 0.4) is 0 Å². The Bertz CT molecular complexity index is 996. The maximum atomic E-state index is 12.8. The lowest BCUT2D eigenvalue weighted by molar-refractivity contribution is -0.118. The van der Waals surface area contributed by atoms with Gasteiger partial charge in [0.05, 0.1) is 18.2 Å². The normalized spacial score (nSPS) is 16.8. The third-order valence-electron chi connectivity index (χ3n) is 5.13. The number of anilines is 3. The number of nitrogens with one attached hydrogen (secondary N) is 2. The maximum Gasteiger partial charge on any atom is 0.236 e. The van der Waals surface area contributed by atoms with Crippen molar-refractivity contribution >= 4 is 33.3 Å². The van der Waals surface area contributed by atoms with Crippen molar-refractivity contribution in [1.82, 2.24) is 20.4 Å². The molecule has 1 saturated heterocycles. The minimum atomic E-state index is -0.412. The van der Waals surface area contributed by atoms with Crippen molar-refractivity contribution in [1.29, 1.82) is 0 Å². The lowest BCUT2D eigenvalue weighted by Gasteiger charge is -2.17. The van der Waals surface area contributed by atoms with Crippen LogP contribution < -0.4 is 15.5 Å². The molecule has 0 spiro atoms. The highest BCUT2D eigenvalue weighted by molar-refractivity contribution is 7.19. The Morgan fingerprint density at radius 3 is 2.71 bits per heavy atom. The minimum Gasteiger partial charge on any atom is -0.384 e. The predicted octanol–water partition coefficient (Wildman–Crippen LogP) is 2.70. The van der Waals surface area contributed by atoms with E-state index in [0.29, 0.717) is 16.9 Å². The smallest absolute Gasteiger partial charge is 0.236 e. The lowest BCUT2D eigenvalue weighted by Crippen LogP contribution is -2.26. The molecule has 0 saturated carbocycles. The van der Waals surface area contributed by atoms with Gasteiger partial charge < -0.3 is 15.0 Å². The van der Waals surface area contributed by atoms with E-state index in [1.165, 1.54) is 11.3 Å². The number of aryl methyl sites for hydroxylation is 1. The Balaban J connectivity index is 1.34. The van der Waals surface area contributed by atoms with Gasteiger partial charge in [-0.25, -0.2) is 0 Å². The first kappa shape index (κ1) is 21.1. The molecule has 2 N–H and O–H groups in total. The Labute approximate surface area is 184 Å². The van der Waals surface area contributed by atoms with Gasteiger partial charge in [-0.1, -0.05) is 41.7 Å². The second kappa shape index (κ2) is 9.80. The summed E-state index contributed by atoms with van der Waals surface area (Å²) in [4.78, 5) is 15.0. The van der Waals surface area contributed by atoms with Crippen molar-refractivity contribution in [2.24, 2.45) is 0 Å². The van der Waals surface area contributed by atoms with Crippen molar-refractivity contribution in [3.63, 3.8) is 0 Å². The van der Waals surface area contributed by atoms with Crippen LogP contribution in [0, 0.1) is 6.92 Å². The summed E-state index contributed by atoms with van der Waals surface area (Å²) in [6.45, 7) is 3.92. The Hall–Kier alpha value is -3.11. The van der Waals surface area contributed by atoms with Gasteiger partial charge in [0.25, 0.3) is 0 Å². The van der Waals surface area contributed by atoms with Crippen LogP contribution in [0.15, 0.2) is 42.5 Å². The highest BCUT2D eigenvalue weighted by Gasteiger charge is 2.25. The molecule has 3 heterocycles. The van der Waals surface area contributed by atoms with E-state index in [2.05, 4.69) is 35.9 Å². The van der Waals surface area contributed by atoms with E-state index in [4.69, 9.17) is 4.74 Å². The number of hydrogen-bond donors (Lipinski definition) is 2. The summed E-state index contributed by atoms with van der Waals surface area (Å²) in [5, 5.41) is 24.1. The van der Waals surface area contributed by atoms with E-state index in [0.717, 1.165) is 36.6 Å². The van der Waals surface area contributed by atoms with E-state index in [-0.39, 0.29) is 11.9 Å². The fourth-order valence-electron chi connectivity index (χ4n) is 3.52. The van der Waals surface area contributed by atoms with Crippen LogP contribution in [-0.4, -0.2) is 59.1 Å². The molecule has 1 aromatic carbocycles. The molecular formula is C21H25N7O2S. The molecule has 4 rings (SSSR count). The van der Waals surface area contributed by atoms with Crippen LogP contribution in [0.25, 0.3) is 0 Å². The lowest BCUT2D eigenvalue weighted by atomic mass is 9.99. The average molecular weight is 440 g/mol. The monoisotopic (exact) mass is 439 g/mol. The molecule has 1 aliphatic heterocycles. The number of amides is 1. The van der Waals surface area contributed by atoms with Crippen LogP contribution in [0.5, 0.6) is 0 Å². The maximum absolute atomic E-state index is 12.8. The highest BCUT2D eigenvalue weighted by atomic mass is 32.1. The first-order valence-electron chi connectivity index (χ1n) is 10.1. The van der Waals surface area contributed by atoms with Gasteiger partial charge in [0.2, 0.25) is 16.2 Å². The molecule has 3 aromatic rings. The SMILES string of the molecule is COCC(C(=O)Nc1nnc(N[C@@H]2CCN(c3ccc(C)nn3)C2)s1)c1ccccc1. The molecule has 1 aliphatic rings. The zero-order chi connectivity index (χ0) is 21.6. The Morgan fingerprint density at radius 1 is 1.16 bits per heavy atom. The number of rotatable bonds is 8. The van der Waals surface area contributed by atoms with Crippen LogP contribution in [0.4, 0.5) is 16.1 Å². The standard InChI is InChI=1S/C21H25N7O2S/c1-14-8-9-18(25-24-14)28-11-10-16(12-28)22-20-26-27-21(31-20)23-19(29)17(13-30-2)15-6-4-3-5-7-15/h3-9,16-17H,10-13H2,1-2H3,(H,22,26)(H,23,27,29)/t16-,17?/m1/s1. The Morgan fingerprint density at radius 2 is 1.97 bits per heavy atom. The number of benzene rings is 1. The van der Waals surface area contributed by atoms with E-state index in [1.54, 1.807) is 7.11 Å². The number of ether oxygens (including phenoxy) is 1. The molecule has 0 aliphatic carbocycles. The third kappa shape index (κ3) is 5.33. The van der Waals surface area contributed by atoms with Crippen molar-refractivity contribution < 1.29 is 9.53 Å². The quantitative estimate of drug-likeness (QED) is 0.552. The van der Waals surface area contributed by atoms with Gasteiger partial charge in [0.15, 0.2) is 5.82 Å². The summed E-state index contributed by atoms with van der Waals surface area (Å²) in [5.41, 5.74) is 1.80. The summed E-state index contributed by atoms with van der Waals surface area (Å²) in [6.07, 6.45) is 0.959. The van der Waals surface area contributed by atoms with Gasteiger partial charge in [-0.05, 0) is 31.0 Å². The molecule has 31 heavy (non-hydrogen) atoms. The van der Waals surface area contributed by atoms with Gasteiger partial charge >= 0.3 is 0 Å². The number of methoxy groups -OCH3 is 1. The van der Waals surface area contributed by atoms with Crippen molar-refractivity contribution in [2.45, 2.75) is 25.3 Å². The first-order chi connectivity index (χ1) is 15.1. The molecule has 0 bridgehead atoms. The molecule has 1 fully saturated rings. The second-order valence-electron chi connectivity index (χ2n) is 7.43. The Kier molecular flexibility index (Phi) is 6.68. The summed E-state index contributed by atoms with van der Waals surface area (Å²) in [5.74, 6) is 0.302. The van der Waals surface area contributed by atoms with Crippen molar-refractivity contribution in [3.05, 3.63) is 53.7 Å². The summed E-state index contributed by atoms with van der Waals surface area (Å²) >= 11 is 1.33. The van der Waals surface area contributed by atoms with Gasteiger partial charge in [-0.3, -0.25) is 10.1 Å². The number of hydrogen-bond acceptors (Lipinski definition) is 9. The largest absolute Gasteiger partial charge is 0.384 e. The number of carbonyl (C=O) groups excluding carboxylic acids is 1. The fourth-order valence-corrected chi connectivity index (χ4v) is 4.24. The van der Waals surface area contributed by atoms with Gasteiger partial charge in [0, 0.05) is 26.2 Å². The van der Waals surface area contributed by atoms with Crippen LogP contribution in [0.2, 0.25) is 0 Å². The molecule has 2 aromatic heterocycles. The number of aromatic nitrogens is 4. The second-order valence-corrected chi connectivity index (χ2v) is 8.41. The van der Waals surface area contributed by atoms with Crippen LogP contribution in [0.1, 0.15) is 23.6 Å². The topological polar surface area (TPSA) is 105 Å². The summed E-state index contributed by atoms with van der Waals surface area (Å²) in [7, 11) is 1.59. The molecule has 2 atom stereocenters. The predicted molar refractivity (Wildman–Crippen MR) is 121 cm³/mol. The van der Waals surface area contributed by atoms with Crippen LogP contribution in [-0.2, 0) is 9.53 Å². The van der Waals surface area contributed by atoms with Crippen molar-refractivity contribution in [2.75, 3.05) is 42.3 Å². The highest BCUT2D eigenvalue weighted by Crippen LogP contribution is 2.26. The van der Waals surface area contributed by atoms with E-state index in [9.17, 15) is 4.79 Å². The molecule has 9 nitrogen and oxygen atoms in total. The van der Waals surface area contributed by atoms with Crippen molar-refractivity contribution in [3.8, 4) is 0 Å². The van der Waals surface area contributed by atoms with E-state index < -0.39 is 5.92 Å². The zero-order valence-electron chi connectivity index (χ0n) is 17.5. The molecule has 1 amide bonds. The van der Waals surface area contributed by atoms with E-state index >= 15 is 0 Å². The van der Waals surface area contributed by atoms with Crippen LogP contribution >= 0.6 is 11.3 Å². The van der Waals surface area contributed by atoms with Gasteiger partial charge in [-0.15, -0.1) is 15.3 Å². The number of carbonyl (C=O) groups is 1. The molecule has 10 heteroatoms. The van der Waals surface area contributed by atoms with E-state index in [1.807, 2.05) is 49.4 Å². The number of nitrogens with zero attached hydrogens (tertiary/aromatic N) is 5. The zero-order valence-corrected chi connectivity index (χ0v) is 18.3. The fraction of sp³-hybridized carbons (Fsp3) is 0.381. The van der Waals surface area contributed by atoms with Gasteiger partial charge in [0.1, 0.15) is 0 Å². The van der Waals surface area contributed by atoms with Gasteiger partial charge in [-0.2, -0.15) is 5.10 Å². The molecule has 1 unspecified atom stereocenters. The average Bonchev–Trinajstić information content (AvgIpc) is 3.43. The molecule has 162 valence electrons. The first-order valence-corrected chi connectivity index (χ1v) is 10.9. The summed E-state index contributed by atoms with van der Waals surface area (Å²) < 4.78 is 5.24.